The fourth-order valence-electron chi connectivity index (χ4n) is 8.79. The van der Waals surface area contributed by atoms with Gasteiger partial charge >= 0.3 is 0 Å². The van der Waals surface area contributed by atoms with Gasteiger partial charge in [0.1, 0.15) is 28.6 Å². The summed E-state index contributed by atoms with van der Waals surface area (Å²) in [6, 6.07) is 20.7. The van der Waals surface area contributed by atoms with E-state index in [0.717, 1.165) is 0 Å². The summed E-state index contributed by atoms with van der Waals surface area (Å²) in [7, 11) is 0. The van der Waals surface area contributed by atoms with E-state index in [4.69, 9.17) is 28.4 Å². The van der Waals surface area contributed by atoms with Gasteiger partial charge in [-0.15, -0.1) is 0 Å². The number of carbonyl (C=O) groups is 11. The first-order valence-electron chi connectivity index (χ1n) is 32.3. The summed E-state index contributed by atoms with van der Waals surface area (Å²) in [5.41, 5.74) is 0.547. The lowest BCUT2D eigenvalue weighted by Crippen LogP contribution is -2.59. The number of ether oxygens (including phenoxy) is 6. The molecule has 0 fully saturated rings. The van der Waals surface area contributed by atoms with Crippen LogP contribution in [-0.4, -0.2) is 169 Å². The summed E-state index contributed by atoms with van der Waals surface area (Å²) in [6.45, 7) is 11.5. The molecule has 10 amide bonds. The molecule has 0 aromatic heterocycles. The molecule has 0 saturated heterocycles. The smallest absolute Gasteiger partial charge is 0.222 e. The van der Waals surface area contributed by atoms with Crippen LogP contribution in [0, 0.1) is 11.8 Å². The predicted octanol–water partition coefficient (Wildman–Crippen LogP) is 5.02. The van der Waals surface area contributed by atoms with Crippen LogP contribution in [0.4, 0.5) is 17.1 Å². The van der Waals surface area contributed by atoms with E-state index in [-0.39, 0.29) is 181 Å². The zero-order valence-electron chi connectivity index (χ0n) is 55.5. The Kier molecular flexibility index (Phi) is 40.0. The quantitative estimate of drug-likeness (QED) is 0.0332. The Labute approximate surface area is 551 Å². The zero-order chi connectivity index (χ0) is 68.8. The van der Waals surface area contributed by atoms with E-state index >= 15 is 0 Å². The molecule has 0 radical (unpaired) electrons. The van der Waals surface area contributed by atoms with E-state index in [0.29, 0.717) is 112 Å². The van der Waals surface area contributed by atoms with Gasteiger partial charge < -0.3 is 81.6 Å². The number of ketones is 1. The highest BCUT2D eigenvalue weighted by Gasteiger charge is 2.35. The molecular formula is C67H100N10O17. The fraction of sp³-hybridized carbons (Fsp3) is 0.567. The number of benzene rings is 3. The number of carbonyl (C=O) groups excluding carboxylic acids is 11. The van der Waals surface area contributed by atoms with Gasteiger partial charge in [-0.25, -0.2) is 0 Å². The summed E-state index contributed by atoms with van der Waals surface area (Å²) >= 11 is 0. The Morgan fingerprint density at radius 3 is 0.894 bits per heavy atom. The first kappa shape index (κ1) is 79.5. The molecule has 27 heteroatoms. The molecule has 0 aliphatic heterocycles. The Hall–Kier alpha value is -8.69. The number of hydrogen-bond donors (Lipinski definition) is 10. The molecule has 10 N–H and O–H groups in total. The van der Waals surface area contributed by atoms with E-state index in [9.17, 15) is 52.7 Å². The minimum atomic E-state index is -1.40. The third kappa shape index (κ3) is 39.7. The third-order valence-corrected chi connectivity index (χ3v) is 13.7. The van der Waals surface area contributed by atoms with Gasteiger partial charge in [0.25, 0.3) is 0 Å². The number of anilines is 3. The third-order valence-electron chi connectivity index (χ3n) is 13.7. The summed E-state index contributed by atoms with van der Waals surface area (Å²) in [5.74, 6) is -1.12. The molecule has 0 bridgehead atoms. The van der Waals surface area contributed by atoms with Gasteiger partial charge in [-0.2, -0.15) is 0 Å². The molecule has 0 aliphatic carbocycles. The van der Waals surface area contributed by atoms with Gasteiger partial charge in [0, 0.05) is 134 Å². The number of hydrogen-bond acceptors (Lipinski definition) is 17. The second-order valence-electron chi connectivity index (χ2n) is 23.0. The van der Waals surface area contributed by atoms with Crippen molar-refractivity contribution >= 4 is 81.9 Å². The monoisotopic (exact) mass is 1320 g/mol. The number of nitrogens with one attached hydrogen (secondary N) is 10. The van der Waals surface area contributed by atoms with Gasteiger partial charge in [0.15, 0.2) is 0 Å². The highest BCUT2D eigenvalue weighted by molar-refractivity contribution is 5.90. The van der Waals surface area contributed by atoms with Crippen molar-refractivity contribution < 1.29 is 81.2 Å². The van der Waals surface area contributed by atoms with Gasteiger partial charge in [-0.05, 0) is 117 Å². The average molecular weight is 1320 g/mol. The van der Waals surface area contributed by atoms with E-state index in [1.807, 2.05) is 0 Å². The molecule has 520 valence electrons. The average Bonchev–Trinajstić information content (AvgIpc) is 0.914. The van der Waals surface area contributed by atoms with E-state index < -0.39 is 11.4 Å². The molecule has 0 heterocycles. The topological polar surface area (TPSA) is 363 Å². The van der Waals surface area contributed by atoms with Crippen LogP contribution in [0.15, 0.2) is 72.8 Å². The first-order valence-corrected chi connectivity index (χ1v) is 32.3. The summed E-state index contributed by atoms with van der Waals surface area (Å²) in [4.78, 5) is 136. The van der Waals surface area contributed by atoms with Crippen molar-refractivity contribution in [1.82, 2.24) is 37.2 Å². The van der Waals surface area contributed by atoms with Gasteiger partial charge in [-0.3, -0.25) is 52.7 Å². The summed E-state index contributed by atoms with van der Waals surface area (Å²) in [5, 5.41) is 28.0. The molecule has 27 nitrogen and oxygen atoms in total. The minimum Gasteiger partial charge on any atom is -0.494 e. The number of amides is 10. The van der Waals surface area contributed by atoms with Crippen molar-refractivity contribution in [2.75, 3.05) is 115 Å². The van der Waals surface area contributed by atoms with E-state index in [1.54, 1.807) is 93.6 Å². The largest absolute Gasteiger partial charge is 0.494 e. The molecule has 0 saturated carbocycles. The van der Waals surface area contributed by atoms with Crippen molar-refractivity contribution in [3.8, 4) is 17.2 Å². The van der Waals surface area contributed by atoms with E-state index in [2.05, 4.69) is 53.2 Å². The van der Waals surface area contributed by atoms with Crippen LogP contribution in [-0.2, 0) is 67.0 Å². The lowest BCUT2D eigenvalue weighted by molar-refractivity contribution is -0.132. The Bertz CT molecular complexity index is 2540. The normalized spacial score (nSPS) is 11.3. The predicted molar refractivity (Wildman–Crippen MR) is 354 cm³/mol. The standard InChI is InChI=1S/C67H100N10O17/c1-48(2)59(81)43-49(3)44-66(88)77-67(45-89-40-28-63(85)71-34-10-31-68-60(82)13-7-37-92-56-22-16-53(17-23-56)74-50(4)78,46-90-41-29-64(86)72-35-11-32-69-61(83)14-8-38-93-57-24-18-54(19-25-57)75-51(5)79)47-91-42-30-65(87)73-36-12-33-70-62(84)15-9-39-94-58-26-20-55(21-27-58)76-52(6)80/h16-27,48-49H,7-15,28-47H2,1-6H3,(H,68,82)(H,69,83)(H,70,84)(H,71,85)(H,72,86)(H,73,87)(H,74,78)(H,75,79)(H,76,80)(H,77,88). The minimum absolute atomic E-state index is 0.00351. The summed E-state index contributed by atoms with van der Waals surface area (Å²) < 4.78 is 35.2. The summed E-state index contributed by atoms with van der Waals surface area (Å²) in [6.07, 6.45) is 3.53. The van der Waals surface area contributed by atoms with Gasteiger partial charge in [0.2, 0.25) is 59.1 Å². The van der Waals surface area contributed by atoms with Gasteiger partial charge in [-0.1, -0.05) is 20.8 Å². The SMILES string of the molecule is CC(=O)Nc1ccc(OCCCC(=O)NCCCNC(=O)CCOCC(COCCC(=O)NCCCNC(=O)CCCOc2ccc(NC(C)=O)cc2)(COCCC(=O)NCCCNC(=O)CCCOc2ccc(NC(C)=O)cc2)NC(=O)CC(C)CC(=O)C(C)C)cc1. The Morgan fingerprint density at radius 1 is 0.351 bits per heavy atom. The lowest BCUT2D eigenvalue weighted by Gasteiger charge is -2.34. The van der Waals surface area contributed by atoms with Crippen LogP contribution in [0.5, 0.6) is 17.2 Å². The molecule has 1 unspecified atom stereocenters. The maximum absolute atomic E-state index is 13.8. The molecule has 0 aliphatic rings. The highest BCUT2D eigenvalue weighted by Crippen LogP contribution is 2.20. The van der Waals surface area contributed by atoms with Crippen LogP contribution < -0.4 is 67.4 Å². The van der Waals surface area contributed by atoms with Crippen molar-refractivity contribution in [3.05, 3.63) is 72.8 Å². The fourth-order valence-corrected chi connectivity index (χ4v) is 8.79. The highest BCUT2D eigenvalue weighted by atomic mass is 16.5. The molecule has 3 aromatic rings. The zero-order valence-corrected chi connectivity index (χ0v) is 55.5. The number of Topliss-reactive ketones (excluding diaryl/α,β-unsaturated/α-hetero) is 1. The molecular weight excluding hydrogens is 1220 g/mol. The molecule has 3 rings (SSSR count). The second kappa shape index (κ2) is 47.2. The molecule has 94 heavy (non-hydrogen) atoms. The van der Waals surface area contributed by atoms with Crippen molar-refractivity contribution in [2.45, 2.75) is 137 Å². The molecule has 0 spiro atoms. The van der Waals surface area contributed by atoms with Crippen LogP contribution in [0.3, 0.4) is 0 Å². The lowest BCUT2D eigenvalue weighted by atomic mass is 9.94. The van der Waals surface area contributed by atoms with E-state index in [1.165, 1.54) is 20.8 Å². The number of rotatable bonds is 51. The van der Waals surface area contributed by atoms with Crippen LogP contribution >= 0.6 is 0 Å². The first-order chi connectivity index (χ1) is 45.1. The molecule has 3 aromatic carbocycles. The maximum atomic E-state index is 13.8. The van der Waals surface area contributed by atoms with Crippen LogP contribution in [0.2, 0.25) is 0 Å². The molecule has 1 atom stereocenters. The maximum Gasteiger partial charge on any atom is 0.222 e. The van der Waals surface area contributed by atoms with Crippen molar-refractivity contribution in [2.24, 2.45) is 11.8 Å². The van der Waals surface area contributed by atoms with Crippen LogP contribution in [0.25, 0.3) is 0 Å². The van der Waals surface area contributed by atoms with Crippen LogP contribution in [0.1, 0.15) is 131 Å². The van der Waals surface area contributed by atoms with Crippen molar-refractivity contribution in [3.63, 3.8) is 0 Å². The Morgan fingerprint density at radius 2 is 0.628 bits per heavy atom. The second-order valence-corrected chi connectivity index (χ2v) is 23.0. The van der Waals surface area contributed by atoms with Crippen molar-refractivity contribution in [1.29, 1.82) is 0 Å². The van der Waals surface area contributed by atoms with Gasteiger partial charge in [0.05, 0.1) is 59.5 Å². The Balaban J connectivity index is 1.50.